The summed E-state index contributed by atoms with van der Waals surface area (Å²) in [6, 6.07) is 11.0. The smallest absolute Gasteiger partial charge is 0.270 e. The zero-order valence-corrected chi connectivity index (χ0v) is 15.5. The zero-order valence-electron chi connectivity index (χ0n) is 15.5. The number of carbonyl (C=O) groups is 1. The van der Waals surface area contributed by atoms with E-state index in [-0.39, 0.29) is 17.2 Å². The molecule has 3 heterocycles. The van der Waals surface area contributed by atoms with Gasteiger partial charge in [-0.3, -0.25) is 14.0 Å². The van der Waals surface area contributed by atoms with Crippen molar-refractivity contribution in [2.45, 2.75) is 38.8 Å². The van der Waals surface area contributed by atoms with E-state index >= 15 is 0 Å². The van der Waals surface area contributed by atoms with Gasteiger partial charge in [0.25, 0.3) is 11.5 Å². The molecule has 2 aromatic heterocycles. The summed E-state index contributed by atoms with van der Waals surface area (Å²) in [6.07, 6.45) is 3.59. The van der Waals surface area contributed by atoms with Crippen molar-refractivity contribution >= 4 is 11.6 Å². The molecule has 1 aliphatic heterocycles. The highest BCUT2D eigenvalue weighted by Crippen LogP contribution is 2.39. The van der Waals surface area contributed by atoms with Crippen LogP contribution in [0.5, 0.6) is 5.75 Å². The molecule has 0 unspecified atom stereocenters. The van der Waals surface area contributed by atoms with Crippen LogP contribution >= 0.6 is 0 Å². The lowest BCUT2D eigenvalue weighted by molar-refractivity contribution is 0.0619. The molecule has 0 saturated heterocycles. The van der Waals surface area contributed by atoms with Gasteiger partial charge < -0.3 is 10.1 Å². The summed E-state index contributed by atoms with van der Waals surface area (Å²) >= 11 is 0. The molecule has 6 heteroatoms. The Morgan fingerprint density at radius 1 is 1.26 bits per heavy atom. The molecule has 0 radical (unpaired) electrons. The van der Waals surface area contributed by atoms with Crippen molar-refractivity contribution in [3.63, 3.8) is 0 Å². The van der Waals surface area contributed by atoms with Crippen molar-refractivity contribution in [3.8, 4) is 5.75 Å². The number of benzene rings is 1. The van der Waals surface area contributed by atoms with E-state index in [0.717, 1.165) is 16.9 Å². The van der Waals surface area contributed by atoms with Gasteiger partial charge >= 0.3 is 0 Å². The van der Waals surface area contributed by atoms with Crippen LogP contribution in [0.4, 0.5) is 0 Å². The molecule has 0 fully saturated rings. The van der Waals surface area contributed by atoms with Crippen LogP contribution in [0.3, 0.4) is 0 Å². The number of fused-ring (bicyclic) bond motifs is 2. The average molecular weight is 363 g/mol. The van der Waals surface area contributed by atoms with Gasteiger partial charge in [-0.2, -0.15) is 0 Å². The van der Waals surface area contributed by atoms with E-state index < -0.39 is 11.5 Å². The van der Waals surface area contributed by atoms with E-state index in [1.165, 1.54) is 10.6 Å². The number of nitrogens with one attached hydrogen (secondary N) is 1. The quantitative estimate of drug-likeness (QED) is 0.760. The minimum atomic E-state index is -0.430. The number of ether oxygens (including phenoxy) is 1. The summed E-state index contributed by atoms with van der Waals surface area (Å²) in [7, 11) is 0. The van der Waals surface area contributed by atoms with Crippen LogP contribution in [0, 0.1) is 6.92 Å². The van der Waals surface area contributed by atoms with E-state index in [1.54, 1.807) is 12.3 Å². The Hall–Kier alpha value is -3.15. The van der Waals surface area contributed by atoms with Crippen molar-refractivity contribution in [1.82, 2.24) is 14.7 Å². The first-order valence-corrected chi connectivity index (χ1v) is 8.91. The Balaban J connectivity index is 1.70. The maximum Gasteiger partial charge on any atom is 0.270 e. The van der Waals surface area contributed by atoms with Crippen LogP contribution < -0.4 is 15.6 Å². The Bertz CT molecular complexity index is 1100. The van der Waals surface area contributed by atoms with Gasteiger partial charge in [-0.05, 0) is 38.5 Å². The van der Waals surface area contributed by atoms with Crippen molar-refractivity contribution in [1.29, 1.82) is 0 Å². The topological polar surface area (TPSA) is 72.7 Å². The van der Waals surface area contributed by atoms with Gasteiger partial charge in [0.2, 0.25) is 0 Å². The molecule has 1 aromatic carbocycles. The van der Waals surface area contributed by atoms with Crippen LogP contribution in [0.15, 0.2) is 53.6 Å². The van der Waals surface area contributed by atoms with E-state index in [1.807, 2.05) is 51.1 Å². The van der Waals surface area contributed by atoms with Crippen LogP contribution in [-0.2, 0) is 0 Å². The van der Waals surface area contributed by atoms with Crippen molar-refractivity contribution < 1.29 is 9.53 Å². The predicted octanol–water partition coefficient (Wildman–Crippen LogP) is 3.04. The molecule has 27 heavy (non-hydrogen) atoms. The second kappa shape index (κ2) is 6.23. The monoisotopic (exact) mass is 363 g/mol. The van der Waals surface area contributed by atoms with Gasteiger partial charge in [0.1, 0.15) is 22.6 Å². The summed E-state index contributed by atoms with van der Waals surface area (Å²) in [4.78, 5) is 30.0. The molecular weight excluding hydrogens is 342 g/mol. The molecule has 0 spiro atoms. The van der Waals surface area contributed by atoms with Crippen LogP contribution in [0.2, 0.25) is 0 Å². The number of amides is 1. The Morgan fingerprint density at radius 3 is 2.85 bits per heavy atom. The second-order valence-electron chi connectivity index (χ2n) is 7.49. The van der Waals surface area contributed by atoms with Gasteiger partial charge in [-0.15, -0.1) is 0 Å². The number of aromatic nitrogens is 2. The fourth-order valence-corrected chi connectivity index (χ4v) is 3.57. The molecule has 1 amide bonds. The summed E-state index contributed by atoms with van der Waals surface area (Å²) in [5, 5.41) is 2.99. The molecule has 138 valence electrons. The first kappa shape index (κ1) is 17.3. The molecule has 6 nitrogen and oxygen atoms in total. The summed E-state index contributed by atoms with van der Waals surface area (Å²) in [5.41, 5.74) is 1.58. The van der Waals surface area contributed by atoms with E-state index in [2.05, 4.69) is 10.3 Å². The number of carbonyl (C=O) groups excluding carboxylic acids is 1. The Kier molecular flexibility index (Phi) is 3.98. The lowest BCUT2D eigenvalue weighted by Gasteiger charge is -2.37. The standard InChI is InChI=1S/C21H21N3O3/c1-13-7-6-10-24-18(13)22-12-15(20(24)26)19(25)23-16-11-21(2,3)27-17-9-5-4-8-14(16)17/h4-10,12,16H,11H2,1-3H3,(H,23,25)/t16-/m0/s1. The fraction of sp³-hybridized carbons (Fsp3) is 0.286. The number of nitrogens with zero attached hydrogens (tertiary/aromatic N) is 2. The lowest BCUT2D eigenvalue weighted by atomic mass is 9.89. The van der Waals surface area contributed by atoms with Crippen LogP contribution in [0.25, 0.3) is 5.65 Å². The van der Waals surface area contributed by atoms with Crippen molar-refractivity contribution in [2.24, 2.45) is 0 Å². The third-order valence-electron chi connectivity index (χ3n) is 4.85. The van der Waals surface area contributed by atoms with E-state index in [9.17, 15) is 9.59 Å². The predicted molar refractivity (Wildman–Crippen MR) is 102 cm³/mol. The molecule has 0 aliphatic carbocycles. The molecule has 4 rings (SSSR count). The first-order valence-electron chi connectivity index (χ1n) is 8.91. The maximum absolute atomic E-state index is 12.9. The Morgan fingerprint density at radius 2 is 2.04 bits per heavy atom. The summed E-state index contributed by atoms with van der Waals surface area (Å²) < 4.78 is 7.41. The van der Waals surface area contributed by atoms with E-state index in [0.29, 0.717) is 12.1 Å². The lowest BCUT2D eigenvalue weighted by Crippen LogP contribution is -2.42. The van der Waals surface area contributed by atoms with Crippen LogP contribution in [0.1, 0.15) is 47.8 Å². The minimum Gasteiger partial charge on any atom is -0.487 e. The largest absolute Gasteiger partial charge is 0.487 e. The SMILES string of the molecule is Cc1cccn2c(=O)c(C(=O)N[C@H]3CC(C)(C)Oc4ccccc43)cnc12. The maximum atomic E-state index is 12.9. The van der Waals surface area contributed by atoms with Gasteiger partial charge in [-0.1, -0.05) is 24.3 Å². The Labute approximate surface area is 156 Å². The second-order valence-corrected chi connectivity index (χ2v) is 7.49. The van der Waals surface area contributed by atoms with Crippen molar-refractivity contribution in [3.05, 3.63) is 75.8 Å². The highest BCUT2D eigenvalue weighted by atomic mass is 16.5. The number of hydrogen-bond acceptors (Lipinski definition) is 4. The van der Waals surface area contributed by atoms with E-state index in [4.69, 9.17) is 4.74 Å². The summed E-state index contributed by atoms with van der Waals surface area (Å²) in [6.45, 7) is 5.84. The van der Waals surface area contributed by atoms with Crippen LogP contribution in [-0.4, -0.2) is 20.9 Å². The summed E-state index contributed by atoms with van der Waals surface area (Å²) in [5.74, 6) is 0.323. The average Bonchev–Trinajstić information content (AvgIpc) is 2.61. The third-order valence-corrected chi connectivity index (χ3v) is 4.85. The highest BCUT2D eigenvalue weighted by Gasteiger charge is 2.34. The minimum absolute atomic E-state index is 0.0277. The normalized spacial score (nSPS) is 17.8. The number of rotatable bonds is 2. The number of aryl methyl sites for hydroxylation is 1. The van der Waals surface area contributed by atoms with Gasteiger partial charge in [0.15, 0.2) is 0 Å². The highest BCUT2D eigenvalue weighted by molar-refractivity contribution is 5.94. The first-order chi connectivity index (χ1) is 12.9. The molecule has 3 aromatic rings. The van der Waals surface area contributed by atoms with Gasteiger partial charge in [0.05, 0.1) is 6.04 Å². The molecule has 1 aliphatic rings. The van der Waals surface area contributed by atoms with Gasteiger partial charge in [-0.25, -0.2) is 4.98 Å². The molecule has 1 atom stereocenters. The third kappa shape index (κ3) is 3.07. The number of para-hydroxylation sites is 1. The van der Waals surface area contributed by atoms with Crippen molar-refractivity contribution in [2.75, 3.05) is 0 Å². The number of pyridine rings is 1. The number of hydrogen-bond donors (Lipinski definition) is 1. The fourth-order valence-electron chi connectivity index (χ4n) is 3.57. The molecule has 0 bridgehead atoms. The molecule has 0 saturated carbocycles. The van der Waals surface area contributed by atoms with Gasteiger partial charge in [0, 0.05) is 24.4 Å². The molecular formula is C21H21N3O3. The molecule has 1 N–H and O–H groups in total. The zero-order chi connectivity index (χ0) is 19.2.